The molecular formula is C15H21NO2S3. The van der Waals surface area contributed by atoms with Crippen molar-refractivity contribution in [3.8, 4) is 0 Å². The lowest BCUT2D eigenvalue weighted by molar-refractivity contribution is -0.145. The van der Waals surface area contributed by atoms with Gasteiger partial charge in [-0.15, -0.1) is 23.1 Å². The van der Waals surface area contributed by atoms with Crippen LogP contribution in [0.4, 0.5) is 0 Å². The molecule has 3 rings (SSSR count). The van der Waals surface area contributed by atoms with Crippen LogP contribution in [-0.2, 0) is 16.0 Å². The Morgan fingerprint density at radius 3 is 2.95 bits per heavy atom. The highest BCUT2D eigenvalue weighted by molar-refractivity contribution is 8.06. The van der Waals surface area contributed by atoms with E-state index in [1.165, 1.54) is 21.4 Å². The summed E-state index contributed by atoms with van der Waals surface area (Å²) in [7, 11) is 0. The van der Waals surface area contributed by atoms with E-state index in [2.05, 4.69) is 6.92 Å². The Labute approximate surface area is 138 Å². The number of hydrogen-bond acceptors (Lipinski definition) is 6. The topological polar surface area (TPSA) is 39.2 Å². The first-order valence-corrected chi connectivity index (χ1v) is 10.5. The SMILES string of the molecule is CCOC(=O)C1CCCc2sc(C3SCCSC3C)nc21. The van der Waals surface area contributed by atoms with Crippen molar-refractivity contribution >= 4 is 40.8 Å². The minimum atomic E-state index is -0.129. The van der Waals surface area contributed by atoms with E-state index in [-0.39, 0.29) is 11.9 Å². The van der Waals surface area contributed by atoms with Crippen LogP contribution in [-0.4, -0.2) is 34.3 Å². The molecule has 3 nitrogen and oxygen atoms in total. The Morgan fingerprint density at radius 1 is 1.38 bits per heavy atom. The number of fused-ring (bicyclic) bond motifs is 1. The van der Waals surface area contributed by atoms with Crippen molar-refractivity contribution < 1.29 is 9.53 Å². The highest BCUT2D eigenvalue weighted by atomic mass is 32.2. The molecule has 0 amide bonds. The lowest BCUT2D eigenvalue weighted by atomic mass is 9.91. The van der Waals surface area contributed by atoms with Crippen LogP contribution in [0.3, 0.4) is 0 Å². The third-order valence-electron chi connectivity index (χ3n) is 3.97. The number of aromatic nitrogens is 1. The van der Waals surface area contributed by atoms with Gasteiger partial charge in [-0.1, -0.05) is 6.92 Å². The molecule has 0 radical (unpaired) electrons. The summed E-state index contributed by atoms with van der Waals surface area (Å²) < 4.78 is 5.23. The zero-order chi connectivity index (χ0) is 14.8. The maximum atomic E-state index is 12.1. The van der Waals surface area contributed by atoms with Gasteiger partial charge in [-0.25, -0.2) is 4.98 Å². The molecule has 1 aliphatic carbocycles. The average molecular weight is 344 g/mol. The van der Waals surface area contributed by atoms with Crippen molar-refractivity contribution in [2.45, 2.75) is 49.5 Å². The zero-order valence-electron chi connectivity index (χ0n) is 12.5. The van der Waals surface area contributed by atoms with E-state index in [9.17, 15) is 4.79 Å². The fourth-order valence-electron chi connectivity index (χ4n) is 2.94. The summed E-state index contributed by atoms with van der Waals surface area (Å²) >= 11 is 5.89. The van der Waals surface area contributed by atoms with Gasteiger partial charge in [0.05, 0.1) is 17.6 Å². The Balaban J connectivity index is 1.85. The van der Waals surface area contributed by atoms with E-state index in [0.29, 0.717) is 17.1 Å². The second-order valence-electron chi connectivity index (χ2n) is 5.42. The van der Waals surface area contributed by atoms with E-state index in [4.69, 9.17) is 9.72 Å². The molecule has 2 heterocycles. The summed E-state index contributed by atoms with van der Waals surface area (Å²) in [5, 5.41) is 2.32. The van der Waals surface area contributed by atoms with E-state index >= 15 is 0 Å². The van der Waals surface area contributed by atoms with Gasteiger partial charge in [0.15, 0.2) is 0 Å². The average Bonchev–Trinajstić information content (AvgIpc) is 2.91. The minimum Gasteiger partial charge on any atom is -0.465 e. The fourth-order valence-corrected chi connectivity index (χ4v) is 7.26. The second-order valence-corrected chi connectivity index (χ2v) is 9.27. The Bertz CT molecular complexity index is 517. The van der Waals surface area contributed by atoms with Gasteiger partial charge >= 0.3 is 5.97 Å². The molecule has 0 aromatic carbocycles. The third kappa shape index (κ3) is 3.27. The normalized spacial score (nSPS) is 29.0. The molecular weight excluding hydrogens is 322 g/mol. The van der Waals surface area contributed by atoms with Gasteiger partial charge < -0.3 is 4.74 Å². The molecule has 21 heavy (non-hydrogen) atoms. The van der Waals surface area contributed by atoms with Crippen LogP contribution in [0.2, 0.25) is 0 Å². The predicted molar refractivity (Wildman–Crippen MR) is 91.5 cm³/mol. The molecule has 0 spiro atoms. The largest absolute Gasteiger partial charge is 0.465 e. The first-order valence-electron chi connectivity index (χ1n) is 7.60. The van der Waals surface area contributed by atoms with Crippen molar-refractivity contribution in [3.63, 3.8) is 0 Å². The first-order chi connectivity index (χ1) is 10.2. The molecule has 116 valence electrons. The van der Waals surface area contributed by atoms with Gasteiger partial charge in [-0.2, -0.15) is 11.8 Å². The van der Waals surface area contributed by atoms with Crippen molar-refractivity contribution in [2.24, 2.45) is 0 Å². The molecule has 0 N–H and O–H groups in total. The number of carbonyl (C=O) groups excluding carboxylic acids is 1. The van der Waals surface area contributed by atoms with Crippen molar-refractivity contribution in [1.82, 2.24) is 4.98 Å². The van der Waals surface area contributed by atoms with Crippen LogP contribution in [0.1, 0.15) is 53.4 Å². The molecule has 2 aliphatic rings. The monoisotopic (exact) mass is 343 g/mol. The number of ether oxygens (including phenoxy) is 1. The predicted octanol–water partition coefficient (Wildman–Crippen LogP) is 4.04. The van der Waals surface area contributed by atoms with Gasteiger partial charge in [0.1, 0.15) is 10.9 Å². The Kier molecular flexibility index (Phi) is 5.17. The third-order valence-corrected chi connectivity index (χ3v) is 8.44. The molecule has 1 aromatic heterocycles. The van der Waals surface area contributed by atoms with Gasteiger partial charge in [0.2, 0.25) is 0 Å². The van der Waals surface area contributed by atoms with Crippen molar-refractivity contribution in [1.29, 1.82) is 0 Å². The van der Waals surface area contributed by atoms with Gasteiger partial charge in [0.25, 0.3) is 0 Å². The Hall–Kier alpha value is -0.200. The summed E-state index contributed by atoms with van der Waals surface area (Å²) in [6.45, 7) is 4.62. The molecule has 3 atom stereocenters. The molecule has 1 aliphatic heterocycles. The van der Waals surface area contributed by atoms with Gasteiger partial charge in [-0.05, 0) is 26.2 Å². The molecule has 0 saturated carbocycles. The van der Waals surface area contributed by atoms with Crippen LogP contribution in [0.15, 0.2) is 0 Å². The molecule has 3 unspecified atom stereocenters. The number of esters is 1. The Morgan fingerprint density at radius 2 is 2.19 bits per heavy atom. The van der Waals surface area contributed by atoms with Crippen molar-refractivity contribution in [2.75, 3.05) is 18.1 Å². The summed E-state index contributed by atoms with van der Waals surface area (Å²) in [5.74, 6) is 2.22. The lowest BCUT2D eigenvalue weighted by Crippen LogP contribution is -2.21. The number of hydrogen-bond donors (Lipinski definition) is 0. The number of nitrogens with zero attached hydrogens (tertiary/aromatic N) is 1. The second kappa shape index (κ2) is 6.92. The standard InChI is InChI=1S/C15H21NO2S3/c1-3-18-15(17)10-5-4-6-11-12(10)16-14(21-11)13-9(2)19-7-8-20-13/h9-10,13H,3-8H2,1-2H3. The maximum absolute atomic E-state index is 12.1. The van der Waals surface area contributed by atoms with Crippen LogP contribution in [0.25, 0.3) is 0 Å². The molecule has 0 bridgehead atoms. The van der Waals surface area contributed by atoms with E-state index in [1.807, 2.05) is 41.8 Å². The number of carbonyl (C=O) groups is 1. The zero-order valence-corrected chi connectivity index (χ0v) is 14.9. The van der Waals surface area contributed by atoms with Crippen LogP contribution < -0.4 is 0 Å². The van der Waals surface area contributed by atoms with Crippen LogP contribution in [0, 0.1) is 0 Å². The molecule has 1 saturated heterocycles. The van der Waals surface area contributed by atoms with Crippen LogP contribution >= 0.6 is 34.9 Å². The smallest absolute Gasteiger partial charge is 0.315 e. The highest BCUT2D eigenvalue weighted by Crippen LogP contribution is 2.46. The number of rotatable bonds is 3. The fraction of sp³-hybridized carbons (Fsp3) is 0.733. The maximum Gasteiger partial charge on any atom is 0.315 e. The number of aryl methyl sites for hydroxylation is 1. The lowest BCUT2D eigenvalue weighted by Gasteiger charge is -2.26. The van der Waals surface area contributed by atoms with Crippen molar-refractivity contribution in [3.05, 3.63) is 15.6 Å². The summed E-state index contributed by atoms with van der Waals surface area (Å²) in [4.78, 5) is 18.4. The van der Waals surface area contributed by atoms with E-state index in [1.54, 1.807) is 0 Å². The minimum absolute atomic E-state index is 0.0889. The van der Waals surface area contributed by atoms with E-state index < -0.39 is 0 Å². The molecule has 1 fully saturated rings. The van der Waals surface area contributed by atoms with Gasteiger partial charge in [-0.3, -0.25) is 4.79 Å². The van der Waals surface area contributed by atoms with E-state index in [0.717, 1.165) is 25.0 Å². The summed E-state index contributed by atoms with van der Waals surface area (Å²) in [5.41, 5.74) is 1.02. The number of thioether (sulfide) groups is 2. The summed E-state index contributed by atoms with van der Waals surface area (Å²) in [6, 6.07) is 0. The molecule has 6 heteroatoms. The summed E-state index contributed by atoms with van der Waals surface area (Å²) in [6.07, 6.45) is 3.03. The number of thiazole rings is 1. The highest BCUT2D eigenvalue weighted by Gasteiger charge is 2.34. The molecule has 1 aromatic rings. The first kappa shape index (κ1) is 15.7. The quantitative estimate of drug-likeness (QED) is 0.775. The van der Waals surface area contributed by atoms with Gasteiger partial charge in [0, 0.05) is 21.6 Å². The van der Waals surface area contributed by atoms with Crippen LogP contribution in [0.5, 0.6) is 0 Å².